The number of anilines is 2. The average molecular weight is 703 g/mol. The fraction of sp³-hybridized carbons (Fsp3) is 0.312. The molecule has 2 aliphatic rings. The molecule has 1 heterocycles. The number of carbonyl (C=O) groups is 4. The fourth-order valence-electron chi connectivity index (χ4n) is 5.73. The van der Waals surface area contributed by atoms with Gasteiger partial charge < -0.3 is 35.3 Å². The molecule has 1 saturated carbocycles. The monoisotopic (exact) mass is 702 g/mol. The third-order valence-electron chi connectivity index (χ3n) is 8.21. The van der Waals surface area contributed by atoms with E-state index in [0.29, 0.717) is 12.8 Å². The van der Waals surface area contributed by atoms with E-state index in [2.05, 4.69) is 15.4 Å². The molecule has 3 atom stereocenters. The van der Waals surface area contributed by atoms with E-state index in [1.807, 2.05) is 0 Å². The van der Waals surface area contributed by atoms with Crippen molar-refractivity contribution in [3.05, 3.63) is 82.9 Å². The van der Waals surface area contributed by atoms with E-state index in [0.717, 1.165) is 31.4 Å². The van der Waals surface area contributed by atoms with Crippen molar-refractivity contribution in [1.29, 1.82) is 0 Å². The van der Waals surface area contributed by atoms with Crippen molar-refractivity contribution >= 4 is 45.3 Å². The average Bonchev–Trinajstić information content (AvgIpc) is 3.85. The molecule has 5 N–H and O–H groups in total. The summed E-state index contributed by atoms with van der Waals surface area (Å²) < 4.78 is 71.9. The number of primary amides is 1. The highest BCUT2D eigenvalue weighted by atomic mass is 32.2. The number of nitrogens with zero attached hydrogens (tertiary/aromatic N) is 1. The lowest BCUT2D eigenvalue weighted by Crippen LogP contribution is -2.40. The molecule has 1 aliphatic carbocycles. The number of likely N-dealkylation sites (tertiary alicyclic amines) is 1. The topological polar surface area (TPSA) is 204 Å². The normalized spacial score (nSPS) is 17.9. The lowest BCUT2D eigenvalue weighted by molar-refractivity contribution is -0.134. The molecule has 17 heteroatoms. The number of hydrogen-bond donors (Lipinski definition) is 4. The minimum absolute atomic E-state index is 0.0461. The van der Waals surface area contributed by atoms with Crippen LogP contribution in [0.3, 0.4) is 0 Å². The van der Waals surface area contributed by atoms with Gasteiger partial charge in [0, 0.05) is 24.2 Å². The third-order valence-corrected chi connectivity index (χ3v) is 10.5. The van der Waals surface area contributed by atoms with Crippen LogP contribution in [0.4, 0.5) is 29.7 Å². The van der Waals surface area contributed by atoms with E-state index in [1.54, 1.807) is 0 Å². The Morgan fingerprint density at radius 2 is 1.69 bits per heavy atom. The Morgan fingerprint density at radius 1 is 0.980 bits per heavy atom. The zero-order valence-electron chi connectivity index (χ0n) is 26.1. The summed E-state index contributed by atoms with van der Waals surface area (Å²) in [4.78, 5) is 51.4. The first-order valence-electron chi connectivity index (χ1n) is 14.9. The van der Waals surface area contributed by atoms with Crippen LogP contribution in [-0.4, -0.2) is 74.6 Å². The van der Waals surface area contributed by atoms with Gasteiger partial charge in [0.25, 0.3) is 0 Å². The molecule has 5 rings (SSSR count). The van der Waals surface area contributed by atoms with E-state index >= 15 is 4.39 Å². The molecule has 3 amide bonds. The molecule has 0 spiro atoms. The summed E-state index contributed by atoms with van der Waals surface area (Å²) in [7, 11) is -1.67. The van der Waals surface area contributed by atoms with Gasteiger partial charge in [-0.15, -0.1) is 0 Å². The molecule has 0 unspecified atom stereocenters. The molecular weight excluding hydrogens is 670 g/mol. The SMILES string of the molecule is COC(=O)Nc1ccc(S(=O)(=O)C2CC2)c([C@@H]2[C@@H](OC(=O)O)CCN2C(=O)[C@@H](Nc2cc(C(N)=O)ccc2F)c2ccc(F)c(OC)c2)c1. The first kappa shape index (κ1) is 34.9. The molecule has 1 aliphatic heterocycles. The summed E-state index contributed by atoms with van der Waals surface area (Å²) in [6, 6.07) is 7.58. The van der Waals surface area contributed by atoms with Crippen LogP contribution in [0.5, 0.6) is 5.75 Å². The zero-order chi connectivity index (χ0) is 35.6. The molecule has 0 radical (unpaired) electrons. The number of nitrogens with two attached hydrogens (primary N) is 1. The highest BCUT2D eigenvalue weighted by Gasteiger charge is 2.47. The predicted molar refractivity (Wildman–Crippen MR) is 169 cm³/mol. The number of hydrogen-bond acceptors (Lipinski definition) is 10. The number of halogens is 2. The molecule has 3 aromatic carbocycles. The highest BCUT2D eigenvalue weighted by Crippen LogP contribution is 2.44. The Balaban J connectivity index is 1.67. The van der Waals surface area contributed by atoms with Crippen LogP contribution >= 0.6 is 0 Å². The van der Waals surface area contributed by atoms with Crippen molar-refractivity contribution in [2.75, 3.05) is 31.4 Å². The van der Waals surface area contributed by atoms with Gasteiger partial charge >= 0.3 is 12.2 Å². The molecule has 1 saturated heterocycles. The van der Waals surface area contributed by atoms with Crippen LogP contribution in [0.25, 0.3) is 0 Å². The maximum absolute atomic E-state index is 15.1. The lowest BCUT2D eigenvalue weighted by Gasteiger charge is -2.33. The second kappa shape index (κ2) is 14.0. The van der Waals surface area contributed by atoms with Gasteiger partial charge in [-0.2, -0.15) is 0 Å². The van der Waals surface area contributed by atoms with Crippen LogP contribution in [0.1, 0.15) is 52.8 Å². The van der Waals surface area contributed by atoms with Gasteiger partial charge in [-0.1, -0.05) is 6.07 Å². The van der Waals surface area contributed by atoms with Gasteiger partial charge in [-0.05, 0) is 72.5 Å². The molecule has 14 nitrogen and oxygen atoms in total. The van der Waals surface area contributed by atoms with E-state index in [9.17, 15) is 37.1 Å². The standard InChI is InChI=1S/C32H32F2N4O10S/c1-46-25-14-16(3-9-22(25)34)27(37-23-13-17(29(35)39)4-8-21(23)33)30(40)38-12-11-24(48-32(42)43)28(38)20-15-18(36-31(41)47-2)5-10-26(20)49(44,45)19-6-7-19/h3-5,8-10,13-15,19,24,27-28,37H,6-7,11-12H2,1-2H3,(H2,35,39)(H,36,41)(H,42,43)/t24-,27-,28+/m0/s1. The number of methoxy groups -OCH3 is 2. The third kappa shape index (κ3) is 7.35. The van der Waals surface area contributed by atoms with Crippen molar-refractivity contribution in [2.24, 2.45) is 5.73 Å². The Bertz CT molecular complexity index is 1920. The summed E-state index contributed by atoms with van der Waals surface area (Å²) in [5.74, 6) is -3.61. The van der Waals surface area contributed by atoms with Crippen molar-refractivity contribution in [2.45, 2.75) is 47.6 Å². The predicted octanol–water partition coefficient (Wildman–Crippen LogP) is 4.38. The molecule has 260 valence electrons. The van der Waals surface area contributed by atoms with Gasteiger partial charge in [0.05, 0.1) is 36.1 Å². The molecule has 0 bridgehead atoms. The molecule has 2 fully saturated rings. The van der Waals surface area contributed by atoms with E-state index in [4.69, 9.17) is 15.2 Å². The Labute approximate surface area is 279 Å². The summed E-state index contributed by atoms with van der Waals surface area (Å²) in [6.07, 6.45) is -3.16. The summed E-state index contributed by atoms with van der Waals surface area (Å²) in [5, 5.41) is 14.1. The van der Waals surface area contributed by atoms with Gasteiger partial charge in [0.15, 0.2) is 21.4 Å². The number of ether oxygens (including phenoxy) is 3. The number of nitrogens with one attached hydrogen (secondary N) is 2. The highest BCUT2D eigenvalue weighted by molar-refractivity contribution is 7.92. The first-order chi connectivity index (χ1) is 23.2. The summed E-state index contributed by atoms with van der Waals surface area (Å²) in [5.41, 5.74) is 5.07. The van der Waals surface area contributed by atoms with Gasteiger partial charge in [-0.25, -0.2) is 26.8 Å². The summed E-state index contributed by atoms with van der Waals surface area (Å²) in [6.45, 7) is -0.167. The van der Waals surface area contributed by atoms with Crippen LogP contribution in [0.15, 0.2) is 59.5 Å². The maximum Gasteiger partial charge on any atom is 0.506 e. The smallest absolute Gasteiger partial charge is 0.494 e. The van der Waals surface area contributed by atoms with Crippen molar-refractivity contribution in [3.63, 3.8) is 0 Å². The van der Waals surface area contributed by atoms with Crippen LogP contribution in [0, 0.1) is 11.6 Å². The first-order valence-corrected chi connectivity index (χ1v) is 16.4. The van der Waals surface area contributed by atoms with E-state index < -0.39 is 69.0 Å². The van der Waals surface area contributed by atoms with Crippen LogP contribution < -0.4 is 21.1 Å². The van der Waals surface area contributed by atoms with Crippen LogP contribution in [-0.2, 0) is 24.1 Å². The summed E-state index contributed by atoms with van der Waals surface area (Å²) >= 11 is 0. The molecule has 3 aromatic rings. The fourth-order valence-corrected chi connectivity index (χ4v) is 7.61. The van der Waals surface area contributed by atoms with Crippen molar-refractivity contribution in [1.82, 2.24) is 4.90 Å². The maximum atomic E-state index is 15.1. The number of sulfone groups is 1. The van der Waals surface area contributed by atoms with Crippen LogP contribution in [0.2, 0.25) is 0 Å². The van der Waals surface area contributed by atoms with Gasteiger partial charge in [0.1, 0.15) is 18.0 Å². The second-order valence-electron chi connectivity index (χ2n) is 11.3. The Hall–Kier alpha value is -5.45. The number of rotatable bonds is 11. The van der Waals surface area contributed by atoms with Gasteiger partial charge in [0.2, 0.25) is 11.8 Å². The van der Waals surface area contributed by atoms with E-state index in [1.165, 1.54) is 42.3 Å². The van der Waals surface area contributed by atoms with Gasteiger partial charge in [-0.3, -0.25) is 14.9 Å². The molecule has 0 aromatic heterocycles. The quantitative estimate of drug-likeness (QED) is 0.207. The molecular formula is C32H32F2N4O10S. The minimum atomic E-state index is -3.99. The van der Waals surface area contributed by atoms with E-state index in [-0.39, 0.29) is 51.7 Å². The van der Waals surface area contributed by atoms with Crippen molar-refractivity contribution < 1.29 is 55.7 Å². The zero-order valence-corrected chi connectivity index (χ0v) is 27.0. The minimum Gasteiger partial charge on any atom is -0.494 e. The molecule has 49 heavy (non-hydrogen) atoms. The Morgan fingerprint density at radius 3 is 2.33 bits per heavy atom. The number of amides is 3. The van der Waals surface area contributed by atoms with Crippen molar-refractivity contribution in [3.8, 4) is 5.75 Å². The second-order valence-corrected chi connectivity index (χ2v) is 13.5. The number of carbonyl (C=O) groups excluding carboxylic acids is 3. The number of carboxylic acid groups (broad SMARTS) is 1. The Kier molecular flexibility index (Phi) is 9.93. The lowest BCUT2D eigenvalue weighted by atomic mass is 9.99. The largest absolute Gasteiger partial charge is 0.506 e. The number of benzene rings is 3.